The summed E-state index contributed by atoms with van der Waals surface area (Å²) in [5.41, 5.74) is 1.04. The van der Waals surface area contributed by atoms with Crippen molar-refractivity contribution < 1.29 is 14.0 Å². The first-order valence-corrected chi connectivity index (χ1v) is 7.04. The van der Waals surface area contributed by atoms with Crippen molar-refractivity contribution in [1.29, 1.82) is 0 Å². The minimum absolute atomic E-state index is 0.138. The molecule has 1 aromatic rings. The van der Waals surface area contributed by atoms with Crippen LogP contribution in [0.1, 0.15) is 43.0 Å². The molecule has 0 saturated carbocycles. The fourth-order valence-corrected chi connectivity index (χ4v) is 3.01. The average Bonchev–Trinajstić information content (AvgIpc) is 2.60. The molecule has 1 atom stereocenters. The van der Waals surface area contributed by atoms with E-state index < -0.39 is 17.5 Å². The number of ketones is 1. The Balaban J connectivity index is 2.00. The third-order valence-electron chi connectivity index (χ3n) is 4.15. The summed E-state index contributed by atoms with van der Waals surface area (Å²) in [7, 11) is 0. The lowest BCUT2D eigenvalue weighted by molar-refractivity contribution is -0.112. The summed E-state index contributed by atoms with van der Waals surface area (Å²) in [6, 6.07) is 3.04. The third-order valence-corrected chi connectivity index (χ3v) is 4.15. The highest BCUT2D eigenvalue weighted by Crippen LogP contribution is 2.33. The van der Waals surface area contributed by atoms with E-state index in [2.05, 4.69) is 12.2 Å². The molecule has 1 saturated heterocycles. The summed E-state index contributed by atoms with van der Waals surface area (Å²) in [5.74, 6) is -1.77. The Kier molecular flexibility index (Phi) is 3.20. The summed E-state index contributed by atoms with van der Waals surface area (Å²) in [6.45, 7) is 2.89. The van der Waals surface area contributed by atoms with E-state index in [1.54, 1.807) is 6.07 Å². The summed E-state index contributed by atoms with van der Waals surface area (Å²) < 4.78 is 14.3. The molecular formula is C15H17FN2O2. The maximum atomic E-state index is 14.3. The van der Waals surface area contributed by atoms with Crippen molar-refractivity contribution in [2.45, 2.75) is 38.6 Å². The zero-order valence-corrected chi connectivity index (χ0v) is 11.4. The quantitative estimate of drug-likeness (QED) is 0.802. The molecule has 4 nitrogen and oxygen atoms in total. The fourth-order valence-electron chi connectivity index (χ4n) is 3.01. The molecule has 3 rings (SSSR count). The Hall–Kier alpha value is -1.91. The molecule has 1 unspecified atom stereocenters. The molecule has 0 aliphatic carbocycles. The Bertz CT molecular complexity index is 585. The van der Waals surface area contributed by atoms with Gasteiger partial charge in [-0.05, 0) is 31.9 Å². The molecule has 1 fully saturated rings. The molecule has 2 aliphatic rings. The average molecular weight is 276 g/mol. The van der Waals surface area contributed by atoms with E-state index in [9.17, 15) is 14.0 Å². The van der Waals surface area contributed by atoms with Gasteiger partial charge < -0.3 is 10.2 Å². The largest absolute Gasteiger partial charge is 0.366 e. The highest BCUT2D eigenvalue weighted by Gasteiger charge is 2.31. The highest BCUT2D eigenvalue weighted by atomic mass is 19.1. The number of rotatable bonds is 1. The van der Waals surface area contributed by atoms with Crippen molar-refractivity contribution in [1.82, 2.24) is 0 Å². The van der Waals surface area contributed by atoms with Crippen LogP contribution in [-0.2, 0) is 4.79 Å². The first-order valence-electron chi connectivity index (χ1n) is 7.04. The fraction of sp³-hybridized carbons (Fsp3) is 0.467. The van der Waals surface area contributed by atoms with E-state index in [4.69, 9.17) is 0 Å². The lowest BCUT2D eigenvalue weighted by atomic mass is 10.1. The monoisotopic (exact) mass is 276 g/mol. The maximum absolute atomic E-state index is 14.3. The zero-order valence-electron chi connectivity index (χ0n) is 11.4. The molecule has 0 radical (unpaired) electrons. The minimum Gasteiger partial charge on any atom is -0.366 e. The minimum atomic E-state index is -0.680. The number of carbonyl (C=O) groups excluding carboxylic acids is 2. The normalized spacial score (nSPS) is 22.5. The molecule has 0 bridgehead atoms. The van der Waals surface area contributed by atoms with Gasteiger partial charge in [0.25, 0.3) is 11.7 Å². The number of nitrogens with zero attached hydrogens (tertiary/aromatic N) is 1. The van der Waals surface area contributed by atoms with Gasteiger partial charge in [0.05, 0.1) is 16.9 Å². The summed E-state index contributed by atoms with van der Waals surface area (Å²) in [5, 5.41) is 2.50. The molecule has 2 heterocycles. The van der Waals surface area contributed by atoms with E-state index >= 15 is 0 Å². The highest BCUT2D eigenvalue weighted by molar-refractivity contribution is 6.51. The molecule has 106 valence electrons. The summed E-state index contributed by atoms with van der Waals surface area (Å²) >= 11 is 0. The lowest BCUT2D eigenvalue weighted by Gasteiger charge is -2.30. The van der Waals surface area contributed by atoms with Crippen molar-refractivity contribution in [2.75, 3.05) is 16.8 Å². The van der Waals surface area contributed by atoms with Gasteiger partial charge in [0.2, 0.25) is 0 Å². The van der Waals surface area contributed by atoms with E-state index in [-0.39, 0.29) is 11.6 Å². The van der Waals surface area contributed by atoms with Crippen LogP contribution >= 0.6 is 0 Å². The van der Waals surface area contributed by atoms with Crippen LogP contribution in [0.4, 0.5) is 15.8 Å². The van der Waals surface area contributed by atoms with Gasteiger partial charge in [-0.2, -0.15) is 0 Å². The van der Waals surface area contributed by atoms with E-state index in [0.717, 1.165) is 32.2 Å². The van der Waals surface area contributed by atoms with Gasteiger partial charge in [-0.25, -0.2) is 4.39 Å². The van der Waals surface area contributed by atoms with Crippen LogP contribution in [0.25, 0.3) is 0 Å². The topological polar surface area (TPSA) is 49.4 Å². The molecule has 0 aromatic heterocycles. The third kappa shape index (κ3) is 2.07. The molecule has 1 aromatic carbocycles. The van der Waals surface area contributed by atoms with Gasteiger partial charge in [0.15, 0.2) is 0 Å². The van der Waals surface area contributed by atoms with Crippen molar-refractivity contribution in [3.8, 4) is 0 Å². The van der Waals surface area contributed by atoms with Crippen LogP contribution in [0.5, 0.6) is 0 Å². The van der Waals surface area contributed by atoms with Gasteiger partial charge in [-0.1, -0.05) is 12.8 Å². The Morgan fingerprint density at radius 1 is 1.25 bits per heavy atom. The first-order chi connectivity index (χ1) is 9.58. The molecule has 5 heteroatoms. The number of benzene rings is 1. The maximum Gasteiger partial charge on any atom is 0.296 e. The van der Waals surface area contributed by atoms with Gasteiger partial charge in [0.1, 0.15) is 5.82 Å². The number of hydrogen-bond acceptors (Lipinski definition) is 3. The number of amides is 1. The molecule has 20 heavy (non-hydrogen) atoms. The lowest BCUT2D eigenvalue weighted by Crippen LogP contribution is -2.33. The van der Waals surface area contributed by atoms with E-state index in [1.165, 1.54) is 6.07 Å². The van der Waals surface area contributed by atoms with Crippen LogP contribution in [0, 0.1) is 5.82 Å². The zero-order chi connectivity index (χ0) is 14.3. The van der Waals surface area contributed by atoms with Crippen molar-refractivity contribution in [3.63, 3.8) is 0 Å². The van der Waals surface area contributed by atoms with Crippen LogP contribution in [-0.4, -0.2) is 24.3 Å². The molecule has 1 amide bonds. The number of nitrogens with one attached hydrogen (secondary N) is 1. The number of Topliss-reactive ketones (excluding diaryl/α,β-unsaturated/α-hetero) is 1. The number of hydrogen-bond donors (Lipinski definition) is 1. The number of fused-ring (bicyclic) bond motifs is 1. The van der Waals surface area contributed by atoms with Gasteiger partial charge >= 0.3 is 0 Å². The second kappa shape index (κ2) is 4.89. The smallest absolute Gasteiger partial charge is 0.296 e. The Morgan fingerprint density at radius 3 is 2.85 bits per heavy atom. The van der Waals surface area contributed by atoms with Crippen LogP contribution < -0.4 is 10.2 Å². The van der Waals surface area contributed by atoms with Gasteiger partial charge in [-0.15, -0.1) is 0 Å². The van der Waals surface area contributed by atoms with Crippen LogP contribution in [0.2, 0.25) is 0 Å². The predicted molar refractivity (Wildman–Crippen MR) is 74.6 cm³/mol. The SMILES string of the molecule is CC1CCCCCN1c1cc2c(cc1F)C(=O)C(=O)N2. The Labute approximate surface area is 117 Å². The molecular weight excluding hydrogens is 259 g/mol. The standard InChI is InChI=1S/C15H17FN2O2/c1-9-5-3-2-4-6-18(9)13-8-12-10(7-11(13)16)14(19)15(20)17-12/h7-9H,2-6H2,1H3,(H,17,19,20). The number of carbonyl (C=O) groups is 2. The second-order valence-corrected chi connectivity index (χ2v) is 5.52. The van der Waals surface area contributed by atoms with Crippen molar-refractivity contribution >= 4 is 23.1 Å². The molecule has 1 N–H and O–H groups in total. The van der Waals surface area contributed by atoms with Gasteiger partial charge in [-0.3, -0.25) is 9.59 Å². The Morgan fingerprint density at radius 2 is 2.05 bits per heavy atom. The predicted octanol–water partition coefficient (Wildman–Crippen LogP) is 2.73. The number of halogens is 1. The number of anilines is 2. The first kappa shape index (κ1) is 13.1. The van der Waals surface area contributed by atoms with Crippen molar-refractivity contribution in [3.05, 3.63) is 23.5 Å². The van der Waals surface area contributed by atoms with Crippen LogP contribution in [0.15, 0.2) is 12.1 Å². The van der Waals surface area contributed by atoms with E-state index in [0.29, 0.717) is 11.4 Å². The summed E-state index contributed by atoms with van der Waals surface area (Å²) in [6.07, 6.45) is 4.37. The second-order valence-electron chi connectivity index (χ2n) is 5.52. The van der Waals surface area contributed by atoms with Crippen LogP contribution in [0.3, 0.4) is 0 Å². The van der Waals surface area contributed by atoms with Crippen molar-refractivity contribution in [2.24, 2.45) is 0 Å². The molecule has 0 spiro atoms. The van der Waals surface area contributed by atoms with Gasteiger partial charge in [0, 0.05) is 12.6 Å². The van der Waals surface area contributed by atoms with E-state index in [1.807, 2.05) is 4.90 Å². The molecule has 2 aliphatic heterocycles. The summed E-state index contributed by atoms with van der Waals surface area (Å²) in [4.78, 5) is 25.0.